The van der Waals surface area contributed by atoms with Crippen molar-refractivity contribution in [2.45, 2.75) is 51.3 Å². The van der Waals surface area contributed by atoms with Crippen LogP contribution in [0.15, 0.2) is 0 Å². The number of hydrogen-bond acceptors (Lipinski definition) is 0. The zero-order valence-electron chi connectivity index (χ0n) is 7.47. The minimum absolute atomic E-state index is 0.440. The summed E-state index contributed by atoms with van der Waals surface area (Å²) in [5.74, 6) is 1.28. The molecule has 2 fully saturated rings. The normalized spacial score (nSPS) is 37.0. The Morgan fingerprint density at radius 1 is 1.36 bits per heavy atom. The monoisotopic (exact) mass is 148 g/mol. The van der Waals surface area contributed by atoms with Crippen LogP contribution < -0.4 is 0 Å². The maximum Gasteiger partial charge on any atom is 0.0699 e. The Morgan fingerprint density at radius 3 is 2.36 bits per heavy atom. The molecule has 0 bridgehead atoms. The second-order valence-corrected chi connectivity index (χ2v) is 4.72. The van der Waals surface area contributed by atoms with Crippen molar-refractivity contribution in [1.82, 2.24) is 0 Å². The van der Waals surface area contributed by atoms with Gasteiger partial charge in [-0.15, -0.1) is 0 Å². The molecule has 0 aliphatic heterocycles. The van der Waals surface area contributed by atoms with Crippen molar-refractivity contribution in [3.63, 3.8) is 0 Å². The van der Waals surface area contributed by atoms with Gasteiger partial charge in [-0.2, -0.15) is 0 Å². The minimum atomic E-state index is 0.440. The summed E-state index contributed by atoms with van der Waals surface area (Å²) in [6.45, 7) is 2.17. The third-order valence-electron chi connectivity index (χ3n) is 3.90. The summed E-state index contributed by atoms with van der Waals surface area (Å²) in [4.78, 5) is 0. The summed E-state index contributed by atoms with van der Waals surface area (Å²) >= 11 is 0. The molecule has 0 nitrogen and oxygen atoms in total. The molecule has 1 spiro atoms. The molecule has 2 rings (SSSR count). The van der Waals surface area contributed by atoms with E-state index in [0.29, 0.717) is 5.82 Å². The lowest BCUT2D eigenvalue weighted by molar-refractivity contribution is 0.136. The maximum absolute atomic E-state index is 5.90. The van der Waals surface area contributed by atoms with Gasteiger partial charge in [0.05, 0.1) is 7.85 Å². The van der Waals surface area contributed by atoms with Gasteiger partial charge in [0, 0.05) is 0 Å². The molecule has 0 aromatic heterocycles. The van der Waals surface area contributed by atoms with Crippen molar-refractivity contribution in [2.24, 2.45) is 11.3 Å². The first kappa shape index (κ1) is 7.70. The van der Waals surface area contributed by atoms with E-state index in [1.54, 1.807) is 0 Å². The van der Waals surface area contributed by atoms with E-state index in [9.17, 15) is 0 Å². The van der Waals surface area contributed by atoms with Crippen molar-refractivity contribution >= 4 is 7.85 Å². The molecule has 2 unspecified atom stereocenters. The Bertz CT molecular complexity index is 147. The van der Waals surface area contributed by atoms with Crippen LogP contribution in [0.4, 0.5) is 0 Å². The predicted octanol–water partition coefficient (Wildman–Crippen LogP) is 2.93. The van der Waals surface area contributed by atoms with E-state index in [0.717, 1.165) is 11.3 Å². The third kappa shape index (κ3) is 1.23. The average Bonchev–Trinajstić information content (AvgIpc) is 2.28. The van der Waals surface area contributed by atoms with Gasteiger partial charge in [-0.1, -0.05) is 25.6 Å². The molecule has 2 saturated carbocycles. The summed E-state index contributed by atoms with van der Waals surface area (Å²) in [7, 11) is 5.90. The fourth-order valence-corrected chi connectivity index (χ4v) is 2.83. The van der Waals surface area contributed by atoms with Gasteiger partial charge < -0.3 is 0 Å². The van der Waals surface area contributed by atoms with Gasteiger partial charge in [-0.05, 0) is 37.0 Å². The van der Waals surface area contributed by atoms with E-state index in [4.69, 9.17) is 7.85 Å². The molecule has 0 heterocycles. The Labute approximate surface area is 71.2 Å². The van der Waals surface area contributed by atoms with Crippen LogP contribution in [0, 0.1) is 11.3 Å². The molecule has 0 N–H and O–H groups in total. The molecule has 0 saturated heterocycles. The maximum atomic E-state index is 5.90. The largest absolute Gasteiger partial charge is 0.0774 e. The van der Waals surface area contributed by atoms with E-state index in [2.05, 4.69) is 6.92 Å². The third-order valence-corrected chi connectivity index (χ3v) is 3.90. The quantitative estimate of drug-likeness (QED) is 0.501. The van der Waals surface area contributed by atoms with Gasteiger partial charge in [0.1, 0.15) is 0 Å². The first-order valence-electron chi connectivity index (χ1n) is 4.97. The molecular formula is C10H17B. The molecule has 2 aliphatic rings. The van der Waals surface area contributed by atoms with Crippen LogP contribution in [0.25, 0.3) is 0 Å². The van der Waals surface area contributed by atoms with Crippen LogP contribution in [0.2, 0.25) is 5.82 Å². The average molecular weight is 148 g/mol. The topological polar surface area (TPSA) is 0 Å². The van der Waals surface area contributed by atoms with Gasteiger partial charge in [-0.3, -0.25) is 0 Å². The second-order valence-electron chi connectivity index (χ2n) is 4.72. The van der Waals surface area contributed by atoms with Crippen LogP contribution in [-0.2, 0) is 0 Å². The van der Waals surface area contributed by atoms with Crippen molar-refractivity contribution in [3.05, 3.63) is 0 Å². The highest BCUT2D eigenvalue weighted by molar-refractivity contribution is 6.11. The minimum Gasteiger partial charge on any atom is -0.0774 e. The lowest BCUT2D eigenvalue weighted by Gasteiger charge is -2.39. The Kier molecular flexibility index (Phi) is 1.77. The number of rotatable bonds is 1. The zero-order valence-corrected chi connectivity index (χ0v) is 7.47. The van der Waals surface area contributed by atoms with Crippen LogP contribution in [0.5, 0.6) is 0 Å². The van der Waals surface area contributed by atoms with Gasteiger partial charge in [0.2, 0.25) is 0 Å². The zero-order chi connectivity index (χ0) is 7.90. The van der Waals surface area contributed by atoms with Gasteiger partial charge in [0.25, 0.3) is 0 Å². The second kappa shape index (κ2) is 2.53. The highest BCUT2D eigenvalue weighted by atomic mass is 14.5. The van der Waals surface area contributed by atoms with Crippen LogP contribution >= 0.6 is 0 Å². The van der Waals surface area contributed by atoms with E-state index < -0.39 is 0 Å². The fourth-order valence-electron chi connectivity index (χ4n) is 2.83. The van der Waals surface area contributed by atoms with Crippen LogP contribution in [0.1, 0.15) is 45.4 Å². The van der Waals surface area contributed by atoms with Crippen LogP contribution in [0.3, 0.4) is 0 Å². The fraction of sp³-hybridized carbons (Fsp3) is 1.00. The molecule has 1 heteroatoms. The SMILES string of the molecule is [B]C(C)C1CCC2(CCC2)C1. The summed E-state index contributed by atoms with van der Waals surface area (Å²) < 4.78 is 0. The molecule has 0 amide bonds. The molecule has 2 atom stereocenters. The van der Waals surface area contributed by atoms with E-state index >= 15 is 0 Å². The molecule has 11 heavy (non-hydrogen) atoms. The molecule has 0 aromatic rings. The number of hydrogen-bond donors (Lipinski definition) is 0. The van der Waals surface area contributed by atoms with E-state index in [-0.39, 0.29) is 0 Å². The first-order chi connectivity index (χ1) is 5.22. The van der Waals surface area contributed by atoms with Crippen molar-refractivity contribution in [1.29, 1.82) is 0 Å². The van der Waals surface area contributed by atoms with Gasteiger partial charge >= 0.3 is 0 Å². The van der Waals surface area contributed by atoms with Crippen molar-refractivity contribution in [2.75, 3.05) is 0 Å². The van der Waals surface area contributed by atoms with Gasteiger partial charge in [-0.25, -0.2) is 0 Å². The first-order valence-corrected chi connectivity index (χ1v) is 4.97. The van der Waals surface area contributed by atoms with Crippen molar-refractivity contribution < 1.29 is 0 Å². The summed E-state index contributed by atoms with van der Waals surface area (Å²) in [6, 6.07) is 0. The van der Waals surface area contributed by atoms with E-state index in [1.165, 1.54) is 38.5 Å². The molecular weight excluding hydrogens is 131 g/mol. The van der Waals surface area contributed by atoms with Crippen molar-refractivity contribution in [3.8, 4) is 0 Å². The summed E-state index contributed by atoms with van der Waals surface area (Å²) in [5, 5.41) is 0. The predicted molar refractivity (Wildman–Crippen MR) is 48.8 cm³/mol. The summed E-state index contributed by atoms with van der Waals surface area (Å²) in [5.41, 5.74) is 0.790. The Balaban J connectivity index is 1.93. The van der Waals surface area contributed by atoms with Crippen LogP contribution in [-0.4, -0.2) is 7.85 Å². The lowest BCUT2D eigenvalue weighted by atomic mass is 9.66. The highest BCUT2D eigenvalue weighted by Crippen LogP contribution is 2.56. The standard InChI is InChI=1S/C10H17B/c1-8(11)9-3-6-10(7-9)4-2-5-10/h8-9H,2-7H2,1H3. The highest BCUT2D eigenvalue weighted by Gasteiger charge is 2.43. The van der Waals surface area contributed by atoms with Gasteiger partial charge in [0.15, 0.2) is 0 Å². The van der Waals surface area contributed by atoms with E-state index in [1.807, 2.05) is 0 Å². The molecule has 60 valence electrons. The Hall–Kier alpha value is 0.0649. The summed E-state index contributed by atoms with van der Waals surface area (Å²) in [6.07, 6.45) is 8.78. The smallest absolute Gasteiger partial charge is 0.0699 e. The molecule has 0 aromatic carbocycles. The Morgan fingerprint density at radius 2 is 2.09 bits per heavy atom. The molecule has 2 radical (unpaired) electrons. The molecule has 2 aliphatic carbocycles. The lowest BCUT2D eigenvalue weighted by Crippen LogP contribution is -2.26.